The van der Waals surface area contributed by atoms with Crippen LogP contribution in [0.1, 0.15) is 58.1 Å². The fourth-order valence-electron chi connectivity index (χ4n) is 2.54. The monoisotopic (exact) mass is 292 g/mol. The van der Waals surface area contributed by atoms with E-state index in [1.165, 1.54) is 6.92 Å². The highest BCUT2D eigenvalue weighted by Gasteiger charge is 2.32. The van der Waals surface area contributed by atoms with Gasteiger partial charge in [-0.25, -0.2) is 4.98 Å². The van der Waals surface area contributed by atoms with Gasteiger partial charge in [0.1, 0.15) is 5.82 Å². The number of aromatic nitrogens is 2. The summed E-state index contributed by atoms with van der Waals surface area (Å²) in [5, 5.41) is 2.56. The van der Waals surface area contributed by atoms with E-state index >= 15 is 0 Å². The molecule has 1 saturated heterocycles. The Kier molecular flexibility index (Phi) is 4.34. The van der Waals surface area contributed by atoms with Crippen molar-refractivity contribution in [1.29, 1.82) is 0 Å². The lowest BCUT2D eigenvalue weighted by molar-refractivity contribution is -0.133. The van der Waals surface area contributed by atoms with Crippen LogP contribution in [-0.4, -0.2) is 39.8 Å². The van der Waals surface area contributed by atoms with E-state index in [9.17, 15) is 9.59 Å². The van der Waals surface area contributed by atoms with Crippen molar-refractivity contribution in [2.75, 3.05) is 13.1 Å². The van der Waals surface area contributed by atoms with Crippen LogP contribution < -0.4 is 5.32 Å². The minimum Gasteiger partial charge on any atom is -0.347 e. The van der Waals surface area contributed by atoms with Gasteiger partial charge in [0, 0.05) is 25.1 Å². The molecule has 2 rings (SSSR count). The summed E-state index contributed by atoms with van der Waals surface area (Å²) in [5.41, 5.74) is 0.983. The number of imidazole rings is 1. The van der Waals surface area contributed by atoms with Crippen LogP contribution in [0.15, 0.2) is 6.20 Å². The number of carbonyl (C=O) groups excluding carboxylic acids is 2. The second-order valence-corrected chi connectivity index (χ2v) is 6.58. The molecule has 0 radical (unpaired) electrons. The van der Waals surface area contributed by atoms with Crippen molar-refractivity contribution in [2.24, 2.45) is 0 Å². The molecular weight excluding hydrogens is 268 g/mol. The van der Waals surface area contributed by atoms with Crippen LogP contribution in [0.4, 0.5) is 0 Å². The molecule has 1 unspecified atom stereocenters. The maximum atomic E-state index is 12.2. The number of rotatable bonds is 3. The maximum absolute atomic E-state index is 12.2. The molecule has 1 aliphatic heterocycles. The van der Waals surface area contributed by atoms with Gasteiger partial charge in [-0.05, 0) is 12.8 Å². The van der Waals surface area contributed by atoms with Crippen LogP contribution in [0.3, 0.4) is 0 Å². The molecule has 0 bridgehead atoms. The van der Waals surface area contributed by atoms with E-state index < -0.39 is 0 Å². The summed E-state index contributed by atoms with van der Waals surface area (Å²) in [6.45, 7) is 8.52. The fourth-order valence-corrected chi connectivity index (χ4v) is 2.54. The zero-order valence-corrected chi connectivity index (χ0v) is 13.2. The van der Waals surface area contributed by atoms with E-state index in [-0.39, 0.29) is 29.8 Å². The molecule has 0 saturated carbocycles. The predicted molar refractivity (Wildman–Crippen MR) is 79.7 cm³/mol. The summed E-state index contributed by atoms with van der Waals surface area (Å²) in [4.78, 5) is 32.8. The van der Waals surface area contributed by atoms with Crippen LogP contribution in [0.5, 0.6) is 0 Å². The van der Waals surface area contributed by atoms with Gasteiger partial charge in [0.25, 0.3) is 0 Å². The summed E-state index contributed by atoms with van der Waals surface area (Å²) >= 11 is 0. The average Bonchev–Trinajstić information content (AvgIpc) is 3.02. The molecule has 0 spiro atoms. The molecule has 21 heavy (non-hydrogen) atoms. The number of likely N-dealkylation sites (tertiary alicyclic amines) is 1. The number of hydrogen-bond donors (Lipinski definition) is 2. The maximum Gasteiger partial charge on any atom is 0.242 e. The number of amides is 2. The third-order valence-electron chi connectivity index (χ3n) is 3.74. The van der Waals surface area contributed by atoms with Crippen molar-refractivity contribution in [3.05, 3.63) is 17.7 Å². The molecule has 6 nitrogen and oxygen atoms in total. The Morgan fingerprint density at radius 2 is 2.19 bits per heavy atom. The van der Waals surface area contributed by atoms with E-state index in [1.807, 2.05) is 6.20 Å². The van der Waals surface area contributed by atoms with E-state index in [1.54, 1.807) is 4.90 Å². The number of carbonyl (C=O) groups is 2. The summed E-state index contributed by atoms with van der Waals surface area (Å²) in [6.07, 6.45) is 3.79. The topological polar surface area (TPSA) is 78.1 Å². The minimum absolute atomic E-state index is 0.0117. The first-order valence-corrected chi connectivity index (χ1v) is 7.38. The largest absolute Gasteiger partial charge is 0.347 e. The van der Waals surface area contributed by atoms with Crippen molar-refractivity contribution >= 4 is 11.8 Å². The molecule has 2 N–H and O–H groups in total. The highest BCUT2D eigenvalue weighted by molar-refractivity contribution is 5.84. The van der Waals surface area contributed by atoms with Gasteiger partial charge < -0.3 is 15.2 Å². The Bertz CT molecular complexity index is 530. The zero-order valence-electron chi connectivity index (χ0n) is 13.2. The fraction of sp³-hybridized carbons (Fsp3) is 0.667. The smallest absolute Gasteiger partial charge is 0.242 e. The number of hydrogen-bond acceptors (Lipinski definition) is 3. The molecule has 1 atom stereocenters. The number of aromatic amines is 1. The van der Waals surface area contributed by atoms with Crippen LogP contribution in [0.25, 0.3) is 0 Å². The van der Waals surface area contributed by atoms with E-state index in [2.05, 4.69) is 36.1 Å². The zero-order chi connectivity index (χ0) is 15.6. The van der Waals surface area contributed by atoms with Gasteiger partial charge in [-0.15, -0.1) is 0 Å². The standard InChI is InChI=1S/C15H24N4O2/c1-10(20)16-9-13(21)19-7-5-6-11(19)14-17-8-12(18-14)15(2,3)4/h8,11H,5-7,9H2,1-4H3,(H,16,20)(H,17,18). The first-order chi connectivity index (χ1) is 9.79. The van der Waals surface area contributed by atoms with Gasteiger partial charge in [0.05, 0.1) is 18.3 Å². The summed E-state index contributed by atoms with van der Waals surface area (Å²) in [5.74, 6) is 0.599. The molecule has 2 amide bonds. The Labute approximate surface area is 125 Å². The minimum atomic E-state index is -0.188. The lowest BCUT2D eigenvalue weighted by atomic mass is 9.93. The molecule has 2 heterocycles. The number of nitrogens with one attached hydrogen (secondary N) is 2. The van der Waals surface area contributed by atoms with Crippen molar-refractivity contribution < 1.29 is 9.59 Å². The molecule has 0 aromatic carbocycles. The van der Waals surface area contributed by atoms with Gasteiger partial charge in [-0.3, -0.25) is 9.59 Å². The summed E-state index contributed by atoms with van der Waals surface area (Å²) in [7, 11) is 0. The van der Waals surface area contributed by atoms with E-state index in [0.29, 0.717) is 6.54 Å². The molecule has 1 aliphatic rings. The number of H-pyrrole nitrogens is 1. The lowest BCUT2D eigenvalue weighted by Crippen LogP contribution is -2.39. The van der Waals surface area contributed by atoms with Crippen LogP contribution >= 0.6 is 0 Å². The first kappa shape index (κ1) is 15.5. The molecule has 6 heteroatoms. The van der Waals surface area contributed by atoms with Crippen LogP contribution in [-0.2, 0) is 15.0 Å². The molecular formula is C15H24N4O2. The van der Waals surface area contributed by atoms with Crippen molar-refractivity contribution in [3.63, 3.8) is 0 Å². The van der Waals surface area contributed by atoms with Gasteiger partial charge in [-0.1, -0.05) is 20.8 Å². The summed E-state index contributed by atoms with van der Waals surface area (Å²) in [6, 6.07) is -0.0117. The molecule has 1 fully saturated rings. The molecule has 1 aromatic heterocycles. The third-order valence-corrected chi connectivity index (χ3v) is 3.74. The van der Waals surface area contributed by atoms with Gasteiger partial charge in [0.2, 0.25) is 11.8 Å². The molecule has 1 aromatic rings. The Morgan fingerprint density at radius 3 is 2.76 bits per heavy atom. The van der Waals surface area contributed by atoms with Crippen molar-refractivity contribution in [2.45, 2.75) is 52.0 Å². The van der Waals surface area contributed by atoms with Gasteiger partial charge in [0.15, 0.2) is 0 Å². The highest BCUT2D eigenvalue weighted by Crippen LogP contribution is 2.31. The molecule has 116 valence electrons. The van der Waals surface area contributed by atoms with Crippen molar-refractivity contribution in [3.8, 4) is 0 Å². The number of nitrogens with zero attached hydrogens (tertiary/aromatic N) is 2. The normalized spacial score (nSPS) is 18.9. The van der Waals surface area contributed by atoms with Gasteiger partial charge >= 0.3 is 0 Å². The van der Waals surface area contributed by atoms with Crippen LogP contribution in [0.2, 0.25) is 0 Å². The summed E-state index contributed by atoms with van der Waals surface area (Å²) < 4.78 is 0. The van der Waals surface area contributed by atoms with E-state index in [4.69, 9.17) is 0 Å². The Balaban J connectivity index is 2.09. The van der Waals surface area contributed by atoms with Crippen molar-refractivity contribution in [1.82, 2.24) is 20.2 Å². The third kappa shape index (κ3) is 3.62. The van der Waals surface area contributed by atoms with Gasteiger partial charge in [-0.2, -0.15) is 0 Å². The Hall–Kier alpha value is -1.85. The average molecular weight is 292 g/mol. The second kappa shape index (κ2) is 5.87. The second-order valence-electron chi connectivity index (χ2n) is 6.58. The first-order valence-electron chi connectivity index (χ1n) is 7.38. The quantitative estimate of drug-likeness (QED) is 0.886. The van der Waals surface area contributed by atoms with E-state index in [0.717, 1.165) is 24.4 Å². The Morgan fingerprint density at radius 1 is 1.48 bits per heavy atom. The highest BCUT2D eigenvalue weighted by atomic mass is 16.2. The van der Waals surface area contributed by atoms with Crippen LogP contribution in [0, 0.1) is 0 Å². The molecule has 0 aliphatic carbocycles. The SMILES string of the molecule is CC(=O)NCC(=O)N1CCCC1c1nc(C(C)(C)C)c[nH]1. The predicted octanol–water partition coefficient (Wildman–Crippen LogP) is 1.51. The lowest BCUT2D eigenvalue weighted by Gasteiger charge is -2.23.